The van der Waals surface area contributed by atoms with E-state index in [4.69, 9.17) is 9.15 Å². The number of rotatable bonds is 6. The highest BCUT2D eigenvalue weighted by Gasteiger charge is 2.11. The molecule has 0 bridgehead atoms. The fourth-order valence-electron chi connectivity index (χ4n) is 2.64. The molecule has 0 radical (unpaired) electrons. The maximum absolute atomic E-state index is 5.82. The number of nitrogens with one attached hydrogen (secondary N) is 1. The highest BCUT2D eigenvalue weighted by Crippen LogP contribution is 2.26. The molecule has 20 heavy (non-hydrogen) atoms. The summed E-state index contributed by atoms with van der Waals surface area (Å²) < 4.78 is 11.5. The van der Waals surface area contributed by atoms with Crippen molar-refractivity contribution in [2.45, 2.75) is 39.3 Å². The zero-order valence-corrected chi connectivity index (χ0v) is 11.9. The van der Waals surface area contributed by atoms with Crippen molar-refractivity contribution in [3.8, 4) is 5.75 Å². The van der Waals surface area contributed by atoms with Gasteiger partial charge in [-0.3, -0.25) is 0 Å². The molecule has 0 amide bonds. The average Bonchev–Trinajstić information content (AvgIpc) is 3.11. The molecule has 1 aliphatic rings. The molecule has 0 atom stereocenters. The fraction of sp³-hybridized carbons (Fsp3) is 0.412. The van der Waals surface area contributed by atoms with Gasteiger partial charge in [0.25, 0.3) is 0 Å². The summed E-state index contributed by atoms with van der Waals surface area (Å²) in [5, 5.41) is 3.25. The minimum atomic E-state index is 0.491. The van der Waals surface area contributed by atoms with Gasteiger partial charge in [-0.1, -0.05) is 13.0 Å². The first-order valence-electron chi connectivity index (χ1n) is 7.38. The first-order valence-corrected chi connectivity index (χ1v) is 7.38. The van der Waals surface area contributed by atoms with Crippen LogP contribution in [-0.2, 0) is 26.0 Å². The molecule has 0 unspecified atom stereocenters. The summed E-state index contributed by atoms with van der Waals surface area (Å²) in [6.07, 6.45) is 3.66. The lowest BCUT2D eigenvalue weighted by atomic mass is 10.1. The Kier molecular flexibility index (Phi) is 4.07. The van der Waals surface area contributed by atoms with Crippen LogP contribution in [0.25, 0.3) is 0 Å². The van der Waals surface area contributed by atoms with Gasteiger partial charge in [0.05, 0.1) is 6.54 Å². The van der Waals surface area contributed by atoms with Gasteiger partial charge in [-0.25, -0.2) is 0 Å². The Morgan fingerprint density at radius 3 is 2.85 bits per heavy atom. The number of furan rings is 1. The lowest BCUT2D eigenvalue weighted by Gasteiger charge is -2.06. The van der Waals surface area contributed by atoms with Gasteiger partial charge in [-0.15, -0.1) is 0 Å². The smallest absolute Gasteiger partial charge is 0.146 e. The van der Waals surface area contributed by atoms with E-state index >= 15 is 0 Å². The Balaban J connectivity index is 1.57. The summed E-state index contributed by atoms with van der Waals surface area (Å²) in [4.78, 5) is 0. The van der Waals surface area contributed by atoms with Gasteiger partial charge in [0.2, 0.25) is 0 Å². The van der Waals surface area contributed by atoms with Crippen LogP contribution in [0.15, 0.2) is 34.7 Å². The van der Waals surface area contributed by atoms with E-state index in [1.165, 1.54) is 30.4 Å². The molecule has 3 nitrogen and oxygen atoms in total. The number of hydrogen-bond acceptors (Lipinski definition) is 3. The molecule has 2 aromatic rings. The van der Waals surface area contributed by atoms with Crippen LogP contribution in [0.1, 0.15) is 36.0 Å². The van der Waals surface area contributed by atoms with E-state index in [0.717, 1.165) is 30.4 Å². The third-order valence-electron chi connectivity index (χ3n) is 3.72. The molecule has 1 aliphatic carbocycles. The standard InChI is InChI=1S/C17H21NO2/c1-2-18-11-16-8-9-17(20-16)12-19-15-7-6-13-4-3-5-14(13)10-15/h6-10,18H,2-5,11-12H2,1H3. The molecule has 0 aliphatic heterocycles. The van der Waals surface area contributed by atoms with Crippen LogP contribution in [0.5, 0.6) is 5.75 Å². The Labute approximate surface area is 119 Å². The predicted octanol–water partition coefficient (Wildman–Crippen LogP) is 3.46. The van der Waals surface area contributed by atoms with Crippen LogP contribution in [0.4, 0.5) is 0 Å². The zero-order chi connectivity index (χ0) is 13.8. The monoisotopic (exact) mass is 271 g/mol. The third kappa shape index (κ3) is 3.05. The van der Waals surface area contributed by atoms with Gasteiger partial charge in [0, 0.05) is 0 Å². The van der Waals surface area contributed by atoms with Gasteiger partial charge in [0.15, 0.2) is 0 Å². The summed E-state index contributed by atoms with van der Waals surface area (Å²) in [7, 11) is 0. The van der Waals surface area contributed by atoms with Crippen LogP contribution in [0, 0.1) is 0 Å². The van der Waals surface area contributed by atoms with E-state index in [1.54, 1.807) is 0 Å². The van der Waals surface area contributed by atoms with Crippen LogP contribution in [0.3, 0.4) is 0 Å². The molecule has 0 fully saturated rings. The summed E-state index contributed by atoms with van der Waals surface area (Å²) in [6.45, 7) is 4.29. The summed E-state index contributed by atoms with van der Waals surface area (Å²) in [5.74, 6) is 2.77. The maximum atomic E-state index is 5.82. The minimum absolute atomic E-state index is 0.491. The maximum Gasteiger partial charge on any atom is 0.146 e. The van der Waals surface area contributed by atoms with Crippen molar-refractivity contribution in [1.82, 2.24) is 5.32 Å². The molecular weight excluding hydrogens is 250 g/mol. The van der Waals surface area contributed by atoms with E-state index in [2.05, 4.69) is 30.4 Å². The van der Waals surface area contributed by atoms with Crippen molar-refractivity contribution in [3.05, 3.63) is 53.0 Å². The van der Waals surface area contributed by atoms with Crippen LogP contribution in [-0.4, -0.2) is 6.54 Å². The van der Waals surface area contributed by atoms with E-state index in [1.807, 2.05) is 12.1 Å². The topological polar surface area (TPSA) is 34.4 Å². The fourth-order valence-corrected chi connectivity index (χ4v) is 2.64. The second-order valence-electron chi connectivity index (χ2n) is 5.22. The van der Waals surface area contributed by atoms with E-state index in [-0.39, 0.29) is 0 Å². The lowest BCUT2D eigenvalue weighted by Crippen LogP contribution is -2.10. The molecule has 1 aromatic carbocycles. The molecular formula is C17H21NO2. The highest BCUT2D eigenvalue weighted by molar-refractivity contribution is 5.38. The summed E-state index contributed by atoms with van der Waals surface area (Å²) in [5.41, 5.74) is 2.91. The van der Waals surface area contributed by atoms with E-state index in [0.29, 0.717) is 6.61 Å². The van der Waals surface area contributed by atoms with Gasteiger partial charge >= 0.3 is 0 Å². The largest absolute Gasteiger partial charge is 0.486 e. The van der Waals surface area contributed by atoms with Gasteiger partial charge in [0.1, 0.15) is 23.9 Å². The average molecular weight is 271 g/mol. The minimum Gasteiger partial charge on any atom is -0.486 e. The molecule has 1 aromatic heterocycles. The normalized spacial score (nSPS) is 13.4. The Morgan fingerprint density at radius 1 is 1.10 bits per heavy atom. The lowest BCUT2D eigenvalue weighted by molar-refractivity contribution is 0.265. The van der Waals surface area contributed by atoms with Gasteiger partial charge in [-0.2, -0.15) is 0 Å². The van der Waals surface area contributed by atoms with Crippen molar-refractivity contribution < 1.29 is 9.15 Å². The predicted molar refractivity (Wildman–Crippen MR) is 78.9 cm³/mol. The van der Waals surface area contributed by atoms with E-state index in [9.17, 15) is 0 Å². The Hall–Kier alpha value is -1.74. The number of ether oxygens (including phenoxy) is 1. The summed E-state index contributed by atoms with van der Waals surface area (Å²) in [6, 6.07) is 10.4. The highest BCUT2D eigenvalue weighted by atomic mass is 16.5. The quantitative estimate of drug-likeness (QED) is 0.873. The first-order chi connectivity index (χ1) is 9.85. The Bertz CT molecular complexity index is 574. The number of hydrogen-bond donors (Lipinski definition) is 1. The van der Waals surface area contributed by atoms with Crippen molar-refractivity contribution in [2.75, 3.05) is 6.54 Å². The van der Waals surface area contributed by atoms with E-state index < -0.39 is 0 Å². The van der Waals surface area contributed by atoms with Crippen LogP contribution >= 0.6 is 0 Å². The molecule has 0 spiro atoms. The van der Waals surface area contributed by atoms with Gasteiger partial charge < -0.3 is 14.5 Å². The van der Waals surface area contributed by atoms with Crippen molar-refractivity contribution in [3.63, 3.8) is 0 Å². The summed E-state index contributed by atoms with van der Waals surface area (Å²) >= 11 is 0. The first kappa shape index (κ1) is 13.3. The van der Waals surface area contributed by atoms with Crippen LogP contribution < -0.4 is 10.1 Å². The molecule has 0 saturated heterocycles. The van der Waals surface area contributed by atoms with Crippen molar-refractivity contribution >= 4 is 0 Å². The van der Waals surface area contributed by atoms with Crippen LogP contribution in [0.2, 0.25) is 0 Å². The zero-order valence-electron chi connectivity index (χ0n) is 11.9. The van der Waals surface area contributed by atoms with Gasteiger partial charge in [-0.05, 0) is 61.2 Å². The molecule has 3 rings (SSSR count). The van der Waals surface area contributed by atoms with Crippen molar-refractivity contribution in [2.24, 2.45) is 0 Å². The second-order valence-corrected chi connectivity index (χ2v) is 5.22. The molecule has 106 valence electrons. The van der Waals surface area contributed by atoms with Crippen molar-refractivity contribution in [1.29, 1.82) is 0 Å². The molecule has 1 N–H and O–H groups in total. The molecule has 0 saturated carbocycles. The SMILES string of the molecule is CCNCc1ccc(COc2ccc3c(c2)CCC3)o1. The molecule has 1 heterocycles. The number of benzene rings is 1. The Morgan fingerprint density at radius 2 is 1.95 bits per heavy atom. The number of fused-ring (bicyclic) bond motifs is 1. The molecule has 3 heteroatoms. The second kappa shape index (κ2) is 6.14. The number of aryl methyl sites for hydroxylation is 2. The third-order valence-corrected chi connectivity index (χ3v) is 3.72.